The fourth-order valence-corrected chi connectivity index (χ4v) is 3.37. The number of halogens is 1. The number of likely N-dealkylation sites (N-methyl/N-ethyl adjacent to an activating group) is 1. The molecule has 0 aliphatic carbocycles. The molecule has 158 valence electrons. The Morgan fingerprint density at radius 1 is 0.692 bits per heavy atom. The van der Waals surface area contributed by atoms with Crippen LogP contribution in [0, 0.1) is 0 Å². The minimum absolute atomic E-state index is 0. The number of hydrogen-bond donors (Lipinski definition) is 0. The molecule has 0 amide bonds. The van der Waals surface area contributed by atoms with Crippen LogP contribution in [0.1, 0.15) is 104 Å². The van der Waals surface area contributed by atoms with Gasteiger partial charge in [-0.25, -0.2) is 4.79 Å². The van der Waals surface area contributed by atoms with Crippen LogP contribution >= 0.6 is 0 Å². The van der Waals surface area contributed by atoms with Gasteiger partial charge in [0.05, 0.1) is 27.2 Å². The molecule has 0 N–H and O–H groups in total. The molecule has 0 aromatic rings. The Hall–Kier alpha value is -0.280. The zero-order chi connectivity index (χ0) is 18.8. The molecule has 0 fully saturated rings. The Labute approximate surface area is 170 Å². The summed E-state index contributed by atoms with van der Waals surface area (Å²) in [7, 11) is 4.25. The van der Waals surface area contributed by atoms with Crippen LogP contribution in [0.4, 0.5) is 0 Å². The number of quaternary nitrogens is 1. The van der Waals surface area contributed by atoms with Gasteiger partial charge in [0, 0.05) is 0 Å². The summed E-state index contributed by atoms with van der Waals surface area (Å²) in [6, 6.07) is 0. The first-order valence-electron chi connectivity index (χ1n) is 11.0. The van der Waals surface area contributed by atoms with Gasteiger partial charge in [0.15, 0.2) is 6.54 Å². The maximum atomic E-state index is 11.6. The van der Waals surface area contributed by atoms with E-state index < -0.39 is 0 Å². The van der Waals surface area contributed by atoms with Crippen molar-refractivity contribution >= 4 is 5.97 Å². The van der Waals surface area contributed by atoms with Crippen molar-refractivity contribution in [1.82, 2.24) is 0 Å². The van der Waals surface area contributed by atoms with E-state index in [1.54, 1.807) is 0 Å². The van der Waals surface area contributed by atoms with Crippen molar-refractivity contribution in [2.24, 2.45) is 0 Å². The number of esters is 1. The zero-order valence-electron chi connectivity index (χ0n) is 18.2. The van der Waals surface area contributed by atoms with E-state index in [1.165, 1.54) is 89.9 Å². The average Bonchev–Trinajstić information content (AvgIpc) is 2.54. The van der Waals surface area contributed by atoms with Crippen molar-refractivity contribution < 1.29 is 26.4 Å². The quantitative estimate of drug-likeness (QED) is 0.204. The maximum absolute atomic E-state index is 11.6. The summed E-state index contributed by atoms with van der Waals surface area (Å²) in [5, 5.41) is 0. The first-order chi connectivity index (χ1) is 12.0. The monoisotopic (exact) mass is 391 g/mol. The lowest BCUT2D eigenvalue weighted by molar-refractivity contribution is -0.883. The highest BCUT2D eigenvalue weighted by molar-refractivity contribution is 5.70. The fraction of sp³-hybridized carbons (Fsp3) is 0.955. The number of nitrogens with zero attached hydrogens (tertiary/aromatic N) is 1. The van der Waals surface area contributed by atoms with Gasteiger partial charge in [-0.3, -0.25) is 0 Å². The highest BCUT2D eigenvalue weighted by Gasteiger charge is 2.20. The molecule has 0 saturated carbocycles. The molecule has 0 rings (SSSR count). The Bertz CT molecular complexity index is 309. The summed E-state index contributed by atoms with van der Waals surface area (Å²) in [5.41, 5.74) is 0. The van der Waals surface area contributed by atoms with Crippen LogP contribution < -0.4 is 12.4 Å². The second-order valence-electron chi connectivity index (χ2n) is 8.22. The number of carbonyl (C=O) groups is 1. The second-order valence-corrected chi connectivity index (χ2v) is 8.22. The summed E-state index contributed by atoms with van der Waals surface area (Å²) in [4.78, 5) is 11.6. The minimum Gasteiger partial charge on any atom is -1.00 e. The van der Waals surface area contributed by atoms with E-state index in [2.05, 4.69) is 21.0 Å². The standard InChI is InChI=1S/C22H46NO2.ClH/c1-5-7-8-9-10-11-12-13-14-15-16-17-18-19-20-23(3,4)21-22(24)25-6-2;/h5-21H2,1-4H3;1H/q+1;/p-1. The van der Waals surface area contributed by atoms with Gasteiger partial charge in [-0.1, -0.05) is 84.0 Å². The Kier molecular flexibility index (Phi) is 20.9. The van der Waals surface area contributed by atoms with Crippen LogP contribution in [0.2, 0.25) is 0 Å². The Balaban J connectivity index is 0. The van der Waals surface area contributed by atoms with E-state index in [9.17, 15) is 4.79 Å². The molecular formula is C22H46ClNO2. The molecule has 0 unspecified atom stereocenters. The summed E-state index contributed by atoms with van der Waals surface area (Å²) in [6.07, 6.45) is 19.4. The third kappa shape index (κ3) is 20.0. The lowest BCUT2D eigenvalue weighted by Crippen LogP contribution is -3.00. The van der Waals surface area contributed by atoms with E-state index in [4.69, 9.17) is 4.74 Å². The number of unbranched alkanes of at least 4 members (excludes halogenated alkanes) is 13. The molecular weight excluding hydrogens is 346 g/mol. The van der Waals surface area contributed by atoms with E-state index in [1.807, 2.05) is 6.92 Å². The van der Waals surface area contributed by atoms with Crippen molar-refractivity contribution in [3.63, 3.8) is 0 Å². The van der Waals surface area contributed by atoms with Gasteiger partial charge in [-0.2, -0.15) is 0 Å². The maximum Gasteiger partial charge on any atom is 0.361 e. The van der Waals surface area contributed by atoms with Gasteiger partial charge in [-0.05, 0) is 19.8 Å². The second kappa shape index (κ2) is 19.5. The lowest BCUT2D eigenvalue weighted by atomic mass is 10.0. The SMILES string of the molecule is CCCCCCCCCCCCCCCC[N+](C)(C)CC(=O)OCC.[Cl-]. The van der Waals surface area contributed by atoms with Gasteiger partial charge in [-0.15, -0.1) is 0 Å². The Morgan fingerprint density at radius 3 is 1.46 bits per heavy atom. The van der Waals surface area contributed by atoms with Gasteiger partial charge < -0.3 is 21.6 Å². The third-order valence-corrected chi connectivity index (χ3v) is 4.98. The normalized spacial score (nSPS) is 11.2. The number of ether oxygens (including phenoxy) is 1. The predicted octanol–water partition coefficient (Wildman–Crippen LogP) is 3.11. The molecule has 0 aliphatic rings. The molecule has 3 nitrogen and oxygen atoms in total. The summed E-state index contributed by atoms with van der Waals surface area (Å²) < 4.78 is 5.79. The van der Waals surface area contributed by atoms with E-state index in [-0.39, 0.29) is 18.4 Å². The van der Waals surface area contributed by atoms with E-state index in [0.29, 0.717) is 13.2 Å². The van der Waals surface area contributed by atoms with Crippen LogP contribution in [0.3, 0.4) is 0 Å². The fourth-order valence-electron chi connectivity index (χ4n) is 3.37. The lowest BCUT2D eigenvalue weighted by Gasteiger charge is -2.28. The first-order valence-corrected chi connectivity index (χ1v) is 11.0. The Morgan fingerprint density at radius 2 is 1.08 bits per heavy atom. The van der Waals surface area contributed by atoms with Crippen LogP contribution in [-0.2, 0) is 9.53 Å². The largest absolute Gasteiger partial charge is 1.00 e. The van der Waals surface area contributed by atoms with Crippen LogP contribution in [0.15, 0.2) is 0 Å². The van der Waals surface area contributed by atoms with Crippen LogP contribution in [0.25, 0.3) is 0 Å². The molecule has 0 heterocycles. The van der Waals surface area contributed by atoms with Gasteiger partial charge in [0.25, 0.3) is 0 Å². The highest BCUT2D eigenvalue weighted by Crippen LogP contribution is 2.13. The summed E-state index contributed by atoms with van der Waals surface area (Å²) in [5.74, 6) is -0.0714. The van der Waals surface area contributed by atoms with Crippen molar-refractivity contribution in [1.29, 1.82) is 0 Å². The molecule has 26 heavy (non-hydrogen) atoms. The van der Waals surface area contributed by atoms with Gasteiger partial charge in [0.2, 0.25) is 0 Å². The highest BCUT2D eigenvalue weighted by atomic mass is 35.5. The van der Waals surface area contributed by atoms with Crippen molar-refractivity contribution in [3.8, 4) is 0 Å². The van der Waals surface area contributed by atoms with E-state index in [0.717, 1.165) is 11.0 Å². The summed E-state index contributed by atoms with van der Waals surface area (Å²) >= 11 is 0. The molecule has 4 heteroatoms. The number of carbonyl (C=O) groups excluding carboxylic acids is 1. The van der Waals surface area contributed by atoms with Crippen molar-refractivity contribution in [2.45, 2.75) is 104 Å². The predicted molar refractivity (Wildman–Crippen MR) is 109 cm³/mol. The van der Waals surface area contributed by atoms with Crippen molar-refractivity contribution in [2.75, 3.05) is 33.8 Å². The molecule has 0 aromatic heterocycles. The molecule has 0 atom stereocenters. The van der Waals surface area contributed by atoms with E-state index >= 15 is 0 Å². The first kappa shape index (κ1) is 27.9. The molecule has 0 aliphatic heterocycles. The summed E-state index contributed by atoms with van der Waals surface area (Å²) in [6.45, 7) is 6.19. The minimum atomic E-state index is -0.0714. The van der Waals surface area contributed by atoms with Gasteiger partial charge in [0.1, 0.15) is 0 Å². The van der Waals surface area contributed by atoms with Crippen molar-refractivity contribution in [3.05, 3.63) is 0 Å². The number of hydrogen-bond acceptors (Lipinski definition) is 2. The smallest absolute Gasteiger partial charge is 0.361 e. The van der Waals surface area contributed by atoms with Gasteiger partial charge >= 0.3 is 5.97 Å². The molecule has 0 radical (unpaired) electrons. The molecule has 0 saturated heterocycles. The average molecular weight is 392 g/mol. The molecule has 0 bridgehead atoms. The zero-order valence-corrected chi connectivity index (χ0v) is 18.9. The topological polar surface area (TPSA) is 26.3 Å². The number of rotatable bonds is 18. The van der Waals surface area contributed by atoms with Crippen LogP contribution in [-0.4, -0.2) is 44.2 Å². The van der Waals surface area contributed by atoms with Crippen LogP contribution in [0.5, 0.6) is 0 Å². The molecule has 0 spiro atoms. The molecule has 0 aromatic carbocycles. The third-order valence-electron chi connectivity index (χ3n) is 4.98.